The SMILES string of the molecule is COc1ccc(-n2cnc3ccc(-c4cc[n+](O)cc4)cc32)cc1. The van der Waals surface area contributed by atoms with Crippen molar-refractivity contribution in [2.45, 2.75) is 0 Å². The third-order valence-electron chi connectivity index (χ3n) is 4.04. The van der Waals surface area contributed by atoms with Crippen LogP contribution in [0.1, 0.15) is 0 Å². The summed E-state index contributed by atoms with van der Waals surface area (Å²) < 4.78 is 8.29. The molecular formula is C19H16N3O2+. The summed E-state index contributed by atoms with van der Waals surface area (Å²) in [6.45, 7) is 0. The van der Waals surface area contributed by atoms with Gasteiger partial charge in [0, 0.05) is 22.6 Å². The quantitative estimate of drug-likeness (QED) is 0.466. The van der Waals surface area contributed by atoms with Crippen LogP contribution in [-0.2, 0) is 0 Å². The number of methoxy groups -OCH3 is 1. The number of rotatable bonds is 3. The van der Waals surface area contributed by atoms with Gasteiger partial charge in [-0.3, -0.25) is 9.77 Å². The highest BCUT2D eigenvalue weighted by Gasteiger charge is 2.08. The van der Waals surface area contributed by atoms with E-state index >= 15 is 0 Å². The van der Waals surface area contributed by atoms with Crippen molar-refractivity contribution in [3.63, 3.8) is 0 Å². The van der Waals surface area contributed by atoms with Gasteiger partial charge in [-0.2, -0.15) is 0 Å². The Hall–Kier alpha value is -3.34. The standard InChI is InChI=1S/C19H16N3O2/c1-24-17-5-3-16(4-6-17)22-13-20-18-7-2-15(12-19(18)22)14-8-10-21(23)11-9-14/h2-13,23H,1H3/q+1. The molecule has 0 spiro atoms. The Morgan fingerprint density at radius 2 is 1.71 bits per heavy atom. The Morgan fingerprint density at radius 1 is 0.958 bits per heavy atom. The van der Waals surface area contributed by atoms with Crippen molar-refractivity contribution in [2.24, 2.45) is 0 Å². The second kappa shape index (κ2) is 5.70. The van der Waals surface area contributed by atoms with Crippen molar-refractivity contribution < 1.29 is 14.7 Å². The summed E-state index contributed by atoms with van der Waals surface area (Å²) in [7, 11) is 1.66. The lowest BCUT2D eigenvalue weighted by molar-refractivity contribution is -0.904. The minimum absolute atomic E-state index is 0.824. The second-order valence-electron chi connectivity index (χ2n) is 5.48. The van der Waals surface area contributed by atoms with Gasteiger partial charge in [0.15, 0.2) is 0 Å². The number of pyridine rings is 1. The molecule has 1 N–H and O–H groups in total. The Morgan fingerprint density at radius 3 is 2.42 bits per heavy atom. The molecule has 2 heterocycles. The molecule has 0 aliphatic carbocycles. The van der Waals surface area contributed by atoms with Crippen molar-refractivity contribution >= 4 is 11.0 Å². The van der Waals surface area contributed by atoms with E-state index in [0.29, 0.717) is 0 Å². The lowest BCUT2D eigenvalue weighted by Gasteiger charge is -2.07. The molecule has 0 bridgehead atoms. The molecule has 0 saturated carbocycles. The van der Waals surface area contributed by atoms with Crippen molar-refractivity contribution in [2.75, 3.05) is 7.11 Å². The molecule has 4 aromatic rings. The average Bonchev–Trinajstić information content (AvgIpc) is 3.05. The molecule has 4 rings (SSSR count). The summed E-state index contributed by atoms with van der Waals surface area (Å²) in [6, 6.07) is 17.8. The molecule has 0 aliphatic heterocycles. The summed E-state index contributed by atoms with van der Waals surface area (Å²) >= 11 is 0. The lowest BCUT2D eigenvalue weighted by Crippen LogP contribution is -2.27. The number of hydrogen-bond donors (Lipinski definition) is 1. The smallest absolute Gasteiger partial charge is 0.222 e. The van der Waals surface area contributed by atoms with E-state index in [1.807, 2.05) is 59.4 Å². The van der Waals surface area contributed by atoms with Gasteiger partial charge in [0.1, 0.15) is 12.1 Å². The molecular weight excluding hydrogens is 302 g/mol. The molecule has 0 radical (unpaired) electrons. The highest BCUT2D eigenvalue weighted by Crippen LogP contribution is 2.26. The van der Waals surface area contributed by atoms with Crippen LogP contribution in [0.3, 0.4) is 0 Å². The first kappa shape index (κ1) is 14.3. The van der Waals surface area contributed by atoms with Gasteiger partial charge in [-0.1, -0.05) is 6.07 Å². The molecule has 0 aliphatic rings. The number of fused-ring (bicyclic) bond motifs is 1. The van der Waals surface area contributed by atoms with Crippen LogP contribution in [0, 0.1) is 0 Å². The average molecular weight is 318 g/mol. The van der Waals surface area contributed by atoms with Crippen molar-refractivity contribution in [1.29, 1.82) is 0 Å². The van der Waals surface area contributed by atoms with E-state index in [2.05, 4.69) is 11.1 Å². The van der Waals surface area contributed by atoms with Gasteiger partial charge >= 0.3 is 0 Å². The first-order chi connectivity index (χ1) is 11.7. The molecule has 5 heteroatoms. The monoisotopic (exact) mass is 318 g/mol. The van der Waals surface area contributed by atoms with Gasteiger partial charge in [-0.25, -0.2) is 4.98 Å². The largest absolute Gasteiger partial charge is 0.497 e. The van der Waals surface area contributed by atoms with Crippen LogP contribution < -0.4 is 9.47 Å². The fourth-order valence-electron chi connectivity index (χ4n) is 2.75. The molecule has 2 aromatic carbocycles. The first-order valence-corrected chi connectivity index (χ1v) is 7.57. The van der Waals surface area contributed by atoms with Crippen molar-refractivity contribution in [1.82, 2.24) is 9.55 Å². The van der Waals surface area contributed by atoms with Gasteiger partial charge in [0.25, 0.3) is 0 Å². The zero-order valence-corrected chi connectivity index (χ0v) is 13.1. The summed E-state index contributed by atoms with van der Waals surface area (Å²) in [5.74, 6) is 0.824. The summed E-state index contributed by atoms with van der Waals surface area (Å²) in [5.41, 5.74) is 5.08. The molecule has 0 unspecified atom stereocenters. The zero-order chi connectivity index (χ0) is 16.5. The van der Waals surface area contributed by atoms with Crippen LogP contribution in [0.2, 0.25) is 0 Å². The van der Waals surface area contributed by atoms with Gasteiger partial charge in [0.2, 0.25) is 12.4 Å². The highest BCUT2D eigenvalue weighted by atomic mass is 16.5. The number of aromatic nitrogens is 3. The molecule has 0 atom stereocenters. The third kappa shape index (κ3) is 2.46. The predicted molar refractivity (Wildman–Crippen MR) is 90.4 cm³/mol. The summed E-state index contributed by atoms with van der Waals surface area (Å²) in [4.78, 5) is 4.47. The topological polar surface area (TPSA) is 51.2 Å². The van der Waals surface area contributed by atoms with Crippen LogP contribution in [0.25, 0.3) is 27.8 Å². The van der Waals surface area contributed by atoms with E-state index in [1.54, 1.807) is 19.5 Å². The lowest BCUT2D eigenvalue weighted by atomic mass is 10.1. The Kier molecular flexibility index (Phi) is 3.39. The maximum absolute atomic E-state index is 9.37. The third-order valence-corrected chi connectivity index (χ3v) is 4.04. The van der Waals surface area contributed by atoms with Crippen LogP contribution in [0.5, 0.6) is 5.75 Å². The molecule has 2 aromatic heterocycles. The summed E-state index contributed by atoms with van der Waals surface area (Å²) in [5, 5.41) is 9.37. The predicted octanol–water partition coefficient (Wildman–Crippen LogP) is 3.23. The molecule has 0 saturated heterocycles. The Balaban J connectivity index is 1.82. The van der Waals surface area contributed by atoms with Crippen LogP contribution >= 0.6 is 0 Å². The van der Waals surface area contributed by atoms with Crippen molar-refractivity contribution in [3.8, 4) is 22.6 Å². The molecule has 0 fully saturated rings. The van der Waals surface area contributed by atoms with E-state index in [0.717, 1.165) is 38.3 Å². The number of nitrogens with zero attached hydrogens (tertiary/aromatic N) is 3. The Bertz CT molecular complexity index is 989. The molecule has 118 valence electrons. The maximum Gasteiger partial charge on any atom is 0.222 e. The van der Waals surface area contributed by atoms with E-state index in [9.17, 15) is 5.21 Å². The molecule has 0 amide bonds. The van der Waals surface area contributed by atoms with E-state index in [-0.39, 0.29) is 0 Å². The summed E-state index contributed by atoms with van der Waals surface area (Å²) in [6.07, 6.45) is 5.05. The van der Waals surface area contributed by atoms with Crippen LogP contribution in [-0.4, -0.2) is 21.9 Å². The minimum atomic E-state index is 0.824. The van der Waals surface area contributed by atoms with Gasteiger partial charge in [-0.05, 0) is 47.5 Å². The fourth-order valence-corrected chi connectivity index (χ4v) is 2.75. The molecule has 5 nitrogen and oxygen atoms in total. The second-order valence-corrected chi connectivity index (χ2v) is 5.48. The number of ether oxygens (including phenoxy) is 1. The molecule has 24 heavy (non-hydrogen) atoms. The van der Waals surface area contributed by atoms with Crippen LogP contribution in [0.4, 0.5) is 0 Å². The number of imidazole rings is 1. The first-order valence-electron chi connectivity index (χ1n) is 7.57. The zero-order valence-electron chi connectivity index (χ0n) is 13.1. The van der Waals surface area contributed by atoms with E-state index < -0.39 is 0 Å². The number of hydrogen-bond acceptors (Lipinski definition) is 3. The maximum atomic E-state index is 9.37. The van der Waals surface area contributed by atoms with Crippen LogP contribution in [0.15, 0.2) is 73.3 Å². The Labute approximate surface area is 139 Å². The fraction of sp³-hybridized carbons (Fsp3) is 0.0526. The number of benzene rings is 2. The van der Waals surface area contributed by atoms with E-state index in [4.69, 9.17) is 4.74 Å². The highest BCUT2D eigenvalue weighted by molar-refractivity contribution is 5.83. The minimum Gasteiger partial charge on any atom is -0.497 e. The van der Waals surface area contributed by atoms with Gasteiger partial charge in [-0.15, -0.1) is 0 Å². The van der Waals surface area contributed by atoms with Crippen molar-refractivity contribution in [3.05, 3.63) is 73.3 Å². The van der Waals surface area contributed by atoms with E-state index in [1.165, 1.54) is 0 Å². The van der Waals surface area contributed by atoms with Gasteiger partial charge < -0.3 is 4.74 Å². The normalized spacial score (nSPS) is 10.9. The van der Waals surface area contributed by atoms with Gasteiger partial charge in [0.05, 0.1) is 18.1 Å².